The van der Waals surface area contributed by atoms with Crippen molar-refractivity contribution in [3.05, 3.63) is 35.4 Å². The van der Waals surface area contributed by atoms with Crippen LogP contribution in [0, 0.1) is 0 Å². The minimum absolute atomic E-state index is 0. The summed E-state index contributed by atoms with van der Waals surface area (Å²) in [4.78, 5) is 14.3. The first kappa shape index (κ1) is 19.0. The molecule has 1 heterocycles. The van der Waals surface area contributed by atoms with E-state index in [4.69, 9.17) is 0 Å². The molecule has 1 amide bonds. The minimum Gasteiger partial charge on any atom is -0.341 e. The summed E-state index contributed by atoms with van der Waals surface area (Å²) < 4.78 is 0. The van der Waals surface area contributed by atoms with Crippen LogP contribution in [0.5, 0.6) is 0 Å². The highest BCUT2D eigenvalue weighted by atomic mass is 35.5. The monoisotopic (exact) mass is 324 g/mol. The molecule has 0 aromatic heterocycles. The van der Waals surface area contributed by atoms with Gasteiger partial charge in [0, 0.05) is 26.1 Å². The number of halogens is 1. The summed E-state index contributed by atoms with van der Waals surface area (Å²) in [5.41, 5.74) is 2.79. The zero-order chi connectivity index (χ0) is 15.3. The molecule has 0 saturated carbocycles. The summed E-state index contributed by atoms with van der Waals surface area (Å²) in [5, 5.41) is 3.33. The SMILES string of the molecule is CC(C)(C)c1ccc(CCC(=O)N2CCCNCC2)cc1.Cl. The van der Waals surface area contributed by atoms with Crippen LogP contribution < -0.4 is 5.32 Å². The van der Waals surface area contributed by atoms with Crippen LogP contribution in [-0.4, -0.2) is 37.0 Å². The Bertz CT molecular complexity index is 457. The van der Waals surface area contributed by atoms with Crippen molar-refractivity contribution in [3.8, 4) is 0 Å². The third-order valence-corrected chi connectivity index (χ3v) is 4.14. The van der Waals surface area contributed by atoms with Gasteiger partial charge in [-0.1, -0.05) is 45.0 Å². The number of carbonyl (C=O) groups is 1. The number of amides is 1. The normalized spacial score (nSPS) is 15.9. The Labute approximate surface area is 140 Å². The van der Waals surface area contributed by atoms with Crippen LogP contribution in [0.2, 0.25) is 0 Å². The van der Waals surface area contributed by atoms with E-state index in [0.29, 0.717) is 12.3 Å². The number of nitrogens with zero attached hydrogens (tertiary/aromatic N) is 1. The Kier molecular flexibility index (Phi) is 7.37. The van der Waals surface area contributed by atoms with E-state index in [2.05, 4.69) is 50.4 Å². The van der Waals surface area contributed by atoms with Crippen molar-refractivity contribution in [2.75, 3.05) is 26.2 Å². The van der Waals surface area contributed by atoms with Gasteiger partial charge in [0.25, 0.3) is 0 Å². The van der Waals surface area contributed by atoms with Crippen molar-refractivity contribution in [1.82, 2.24) is 10.2 Å². The average molecular weight is 325 g/mol. The Morgan fingerprint density at radius 2 is 1.82 bits per heavy atom. The van der Waals surface area contributed by atoms with Gasteiger partial charge in [-0.15, -0.1) is 12.4 Å². The maximum atomic E-state index is 12.2. The molecule has 1 aromatic rings. The van der Waals surface area contributed by atoms with Gasteiger partial charge in [-0.05, 0) is 35.9 Å². The minimum atomic E-state index is 0. The molecule has 1 fully saturated rings. The van der Waals surface area contributed by atoms with Gasteiger partial charge in [0.15, 0.2) is 0 Å². The van der Waals surface area contributed by atoms with E-state index in [9.17, 15) is 4.79 Å². The van der Waals surface area contributed by atoms with Gasteiger partial charge in [-0.3, -0.25) is 4.79 Å². The topological polar surface area (TPSA) is 32.3 Å². The molecule has 0 spiro atoms. The molecule has 0 aliphatic carbocycles. The fraction of sp³-hybridized carbons (Fsp3) is 0.611. The van der Waals surface area contributed by atoms with Crippen molar-refractivity contribution in [2.24, 2.45) is 0 Å². The third-order valence-electron chi connectivity index (χ3n) is 4.14. The second kappa shape index (κ2) is 8.54. The van der Waals surface area contributed by atoms with E-state index in [1.807, 2.05) is 4.90 Å². The predicted molar refractivity (Wildman–Crippen MR) is 94.8 cm³/mol. The van der Waals surface area contributed by atoms with Crippen LogP contribution in [0.4, 0.5) is 0 Å². The molecular formula is C18H29ClN2O. The lowest BCUT2D eigenvalue weighted by Gasteiger charge is -2.20. The molecular weight excluding hydrogens is 296 g/mol. The summed E-state index contributed by atoms with van der Waals surface area (Å²) in [5.74, 6) is 0.290. The first-order valence-electron chi connectivity index (χ1n) is 8.05. The standard InChI is InChI=1S/C18H28N2O.ClH/c1-18(2,3)16-8-5-15(6-9-16)7-10-17(21)20-13-4-11-19-12-14-20;/h5-6,8-9,19H,4,7,10-14H2,1-3H3;1H. The molecule has 0 unspecified atom stereocenters. The lowest BCUT2D eigenvalue weighted by molar-refractivity contribution is -0.130. The van der Waals surface area contributed by atoms with Crippen LogP contribution in [-0.2, 0) is 16.6 Å². The van der Waals surface area contributed by atoms with Gasteiger partial charge in [-0.25, -0.2) is 0 Å². The summed E-state index contributed by atoms with van der Waals surface area (Å²) in [6, 6.07) is 8.71. The number of benzene rings is 1. The molecule has 1 aromatic carbocycles. The average Bonchev–Trinajstić information content (AvgIpc) is 2.73. The van der Waals surface area contributed by atoms with Gasteiger partial charge in [0.05, 0.1) is 0 Å². The van der Waals surface area contributed by atoms with Crippen molar-refractivity contribution in [2.45, 2.75) is 45.4 Å². The molecule has 22 heavy (non-hydrogen) atoms. The Morgan fingerprint density at radius 3 is 2.45 bits per heavy atom. The molecule has 0 atom stereocenters. The highest BCUT2D eigenvalue weighted by Gasteiger charge is 2.16. The molecule has 1 N–H and O–H groups in total. The summed E-state index contributed by atoms with van der Waals surface area (Å²) in [6.07, 6.45) is 2.52. The molecule has 1 aliphatic heterocycles. The first-order valence-corrected chi connectivity index (χ1v) is 8.05. The molecule has 2 rings (SSSR count). The number of nitrogens with one attached hydrogen (secondary N) is 1. The highest BCUT2D eigenvalue weighted by molar-refractivity contribution is 5.85. The van der Waals surface area contributed by atoms with Crippen LogP contribution in [0.25, 0.3) is 0 Å². The second-order valence-electron chi connectivity index (χ2n) is 6.93. The van der Waals surface area contributed by atoms with E-state index in [-0.39, 0.29) is 17.8 Å². The Hall–Kier alpha value is -1.06. The van der Waals surface area contributed by atoms with Crippen molar-refractivity contribution >= 4 is 18.3 Å². The maximum absolute atomic E-state index is 12.2. The fourth-order valence-electron chi connectivity index (χ4n) is 2.68. The summed E-state index contributed by atoms with van der Waals surface area (Å²) >= 11 is 0. The van der Waals surface area contributed by atoms with Gasteiger partial charge < -0.3 is 10.2 Å². The molecule has 4 heteroatoms. The Balaban J connectivity index is 0.00000242. The maximum Gasteiger partial charge on any atom is 0.222 e. The van der Waals surface area contributed by atoms with E-state index in [1.54, 1.807) is 0 Å². The molecule has 3 nitrogen and oxygen atoms in total. The fourth-order valence-corrected chi connectivity index (χ4v) is 2.68. The zero-order valence-electron chi connectivity index (χ0n) is 14.0. The van der Waals surface area contributed by atoms with Crippen molar-refractivity contribution < 1.29 is 4.79 Å². The quantitative estimate of drug-likeness (QED) is 0.926. The summed E-state index contributed by atoms with van der Waals surface area (Å²) in [7, 11) is 0. The first-order chi connectivity index (χ1) is 9.97. The van der Waals surface area contributed by atoms with Gasteiger partial charge in [0.2, 0.25) is 5.91 Å². The second-order valence-corrected chi connectivity index (χ2v) is 6.93. The summed E-state index contributed by atoms with van der Waals surface area (Å²) in [6.45, 7) is 10.4. The number of hydrogen-bond donors (Lipinski definition) is 1. The zero-order valence-corrected chi connectivity index (χ0v) is 14.8. The van der Waals surface area contributed by atoms with Gasteiger partial charge in [-0.2, -0.15) is 0 Å². The lowest BCUT2D eigenvalue weighted by Crippen LogP contribution is -2.34. The van der Waals surface area contributed by atoms with E-state index in [0.717, 1.165) is 39.0 Å². The Morgan fingerprint density at radius 1 is 1.14 bits per heavy atom. The van der Waals surface area contributed by atoms with Crippen molar-refractivity contribution in [1.29, 1.82) is 0 Å². The molecule has 1 aliphatic rings. The lowest BCUT2D eigenvalue weighted by atomic mass is 9.86. The van der Waals surface area contributed by atoms with Gasteiger partial charge >= 0.3 is 0 Å². The van der Waals surface area contributed by atoms with Crippen LogP contribution in [0.15, 0.2) is 24.3 Å². The van der Waals surface area contributed by atoms with E-state index in [1.165, 1.54) is 11.1 Å². The van der Waals surface area contributed by atoms with Gasteiger partial charge in [0.1, 0.15) is 0 Å². The number of aryl methyl sites for hydroxylation is 1. The smallest absolute Gasteiger partial charge is 0.222 e. The molecule has 124 valence electrons. The highest BCUT2D eigenvalue weighted by Crippen LogP contribution is 2.22. The predicted octanol–water partition coefficient (Wildman–Crippen LogP) is 3.16. The number of carbonyl (C=O) groups excluding carboxylic acids is 1. The molecule has 0 radical (unpaired) electrons. The van der Waals surface area contributed by atoms with E-state index >= 15 is 0 Å². The third kappa shape index (κ3) is 5.62. The molecule has 1 saturated heterocycles. The van der Waals surface area contributed by atoms with Crippen LogP contribution in [0.3, 0.4) is 0 Å². The van der Waals surface area contributed by atoms with Crippen LogP contribution >= 0.6 is 12.4 Å². The van der Waals surface area contributed by atoms with Crippen molar-refractivity contribution in [3.63, 3.8) is 0 Å². The van der Waals surface area contributed by atoms with Crippen LogP contribution in [0.1, 0.15) is 44.7 Å². The number of hydrogen-bond acceptors (Lipinski definition) is 2. The van der Waals surface area contributed by atoms with E-state index < -0.39 is 0 Å². The molecule has 0 bridgehead atoms. The number of rotatable bonds is 3. The largest absolute Gasteiger partial charge is 0.341 e.